The normalized spacial score (nSPS) is 27.9. The van der Waals surface area contributed by atoms with E-state index in [0.717, 1.165) is 24.8 Å². The smallest absolute Gasteiger partial charge is 0.338 e. The summed E-state index contributed by atoms with van der Waals surface area (Å²) in [5, 5.41) is 0. The molecule has 0 aliphatic heterocycles. The van der Waals surface area contributed by atoms with Crippen LogP contribution >= 0.6 is 0 Å². The fraction of sp³-hybridized carbons (Fsp3) is 0.640. The summed E-state index contributed by atoms with van der Waals surface area (Å²) >= 11 is 0. The van der Waals surface area contributed by atoms with Crippen molar-refractivity contribution in [3.63, 3.8) is 0 Å². The number of ether oxygens (including phenoxy) is 1. The second kappa shape index (κ2) is 8.09. The molecule has 1 aromatic carbocycles. The van der Waals surface area contributed by atoms with Crippen molar-refractivity contribution in [2.24, 2.45) is 16.7 Å². The second-order valence-corrected chi connectivity index (χ2v) is 9.19. The zero-order valence-corrected chi connectivity index (χ0v) is 17.4. The van der Waals surface area contributed by atoms with Crippen LogP contribution in [0.3, 0.4) is 0 Å². The molecule has 3 rings (SSSR count). The van der Waals surface area contributed by atoms with Crippen molar-refractivity contribution >= 4 is 5.97 Å². The SMILES string of the molecule is CCCCCCC#Cc1ccc(C(=O)O[C@@H]2CC3CC[C@@]2(C)C3(C)C)cc1. The van der Waals surface area contributed by atoms with Crippen LogP contribution in [0.25, 0.3) is 0 Å². The predicted molar refractivity (Wildman–Crippen MR) is 111 cm³/mol. The third-order valence-electron chi connectivity index (χ3n) is 7.47. The van der Waals surface area contributed by atoms with Crippen LogP contribution in [0.15, 0.2) is 24.3 Å². The maximum Gasteiger partial charge on any atom is 0.338 e. The molecule has 1 unspecified atom stereocenters. The van der Waals surface area contributed by atoms with E-state index in [4.69, 9.17) is 4.74 Å². The average Bonchev–Trinajstić information content (AvgIpc) is 2.98. The van der Waals surface area contributed by atoms with Crippen molar-refractivity contribution < 1.29 is 9.53 Å². The molecule has 0 spiro atoms. The third-order valence-corrected chi connectivity index (χ3v) is 7.47. The Morgan fingerprint density at radius 1 is 1.15 bits per heavy atom. The van der Waals surface area contributed by atoms with Gasteiger partial charge in [0.05, 0.1) is 5.56 Å². The molecule has 2 heteroatoms. The minimum atomic E-state index is -0.191. The highest BCUT2D eigenvalue weighted by atomic mass is 16.5. The molecule has 0 N–H and O–H groups in total. The van der Waals surface area contributed by atoms with Gasteiger partial charge in [0.15, 0.2) is 0 Å². The molecule has 1 aromatic rings. The van der Waals surface area contributed by atoms with Gasteiger partial charge in [-0.3, -0.25) is 0 Å². The zero-order chi connectivity index (χ0) is 19.5. The largest absolute Gasteiger partial charge is 0.458 e. The summed E-state index contributed by atoms with van der Waals surface area (Å²) < 4.78 is 5.97. The lowest BCUT2D eigenvalue weighted by Gasteiger charge is -2.38. The molecule has 146 valence electrons. The molecular weight excluding hydrogens is 332 g/mol. The van der Waals surface area contributed by atoms with Crippen molar-refractivity contribution in [3.8, 4) is 11.8 Å². The Labute approximate surface area is 165 Å². The van der Waals surface area contributed by atoms with Gasteiger partial charge in [0.1, 0.15) is 6.10 Å². The first-order valence-corrected chi connectivity index (χ1v) is 10.7. The first-order chi connectivity index (χ1) is 12.9. The van der Waals surface area contributed by atoms with Crippen LogP contribution in [0.4, 0.5) is 0 Å². The van der Waals surface area contributed by atoms with Crippen LogP contribution in [0, 0.1) is 28.6 Å². The van der Waals surface area contributed by atoms with Crippen molar-refractivity contribution in [1.82, 2.24) is 0 Å². The van der Waals surface area contributed by atoms with E-state index < -0.39 is 0 Å². The quantitative estimate of drug-likeness (QED) is 0.332. The molecule has 2 fully saturated rings. The Kier molecular flexibility index (Phi) is 5.99. The van der Waals surface area contributed by atoms with Gasteiger partial charge in [0.2, 0.25) is 0 Å². The molecular formula is C25H34O2. The molecule has 2 aliphatic rings. The number of fused-ring (bicyclic) bond motifs is 2. The fourth-order valence-corrected chi connectivity index (χ4v) is 5.00. The van der Waals surface area contributed by atoms with Gasteiger partial charge >= 0.3 is 5.97 Å². The van der Waals surface area contributed by atoms with Gasteiger partial charge < -0.3 is 4.74 Å². The Hall–Kier alpha value is -1.75. The van der Waals surface area contributed by atoms with E-state index in [2.05, 4.69) is 39.5 Å². The molecule has 27 heavy (non-hydrogen) atoms. The van der Waals surface area contributed by atoms with Gasteiger partial charge in [0.25, 0.3) is 0 Å². The molecule has 3 atom stereocenters. The van der Waals surface area contributed by atoms with Crippen LogP contribution in [0.1, 0.15) is 95.0 Å². The van der Waals surface area contributed by atoms with E-state index in [9.17, 15) is 4.79 Å². The van der Waals surface area contributed by atoms with E-state index in [1.54, 1.807) is 0 Å². The minimum Gasteiger partial charge on any atom is -0.458 e. The molecule has 0 saturated heterocycles. The second-order valence-electron chi connectivity index (χ2n) is 9.19. The van der Waals surface area contributed by atoms with Gasteiger partial charge in [-0.15, -0.1) is 0 Å². The van der Waals surface area contributed by atoms with E-state index in [1.165, 1.54) is 32.1 Å². The van der Waals surface area contributed by atoms with Crippen molar-refractivity contribution in [1.29, 1.82) is 0 Å². The minimum absolute atomic E-state index is 0.0429. The highest BCUT2D eigenvalue weighted by Gasteiger charge is 2.62. The van der Waals surface area contributed by atoms with Crippen LogP contribution in [-0.4, -0.2) is 12.1 Å². The van der Waals surface area contributed by atoms with Crippen LogP contribution in [-0.2, 0) is 4.74 Å². The summed E-state index contributed by atoms with van der Waals surface area (Å²) in [4.78, 5) is 12.6. The summed E-state index contributed by atoms with van der Waals surface area (Å²) in [6, 6.07) is 7.57. The third kappa shape index (κ3) is 3.93. The summed E-state index contributed by atoms with van der Waals surface area (Å²) in [5.74, 6) is 6.92. The molecule has 0 aromatic heterocycles. The number of rotatable bonds is 6. The average molecular weight is 367 g/mol. The molecule has 2 bridgehead atoms. The topological polar surface area (TPSA) is 26.3 Å². The number of hydrogen-bond acceptors (Lipinski definition) is 2. The monoisotopic (exact) mass is 366 g/mol. The molecule has 2 nitrogen and oxygen atoms in total. The van der Waals surface area contributed by atoms with Crippen molar-refractivity contribution in [3.05, 3.63) is 35.4 Å². The van der Waals surface area contributed by atoms with Gasteiger partial charge in [0, 0.05) is 17.4 Å². The van der Waals surface area contributed by atoms with Gasteiger partial charge in [-0.05, 0) is 61.3 Å². The van der Waals surface area contributed by atoms with Gasteiger partial charge in [-0.2, -0.15) is 0 Å². The lowest BCUT2D eigenvalue weighted by atomic mass is 9.70. The maximum absolute atomic E-state index is 12.6. The standard InChI is InChI=1S/C25H34O2/c1-5-6-7-8-9-10-11-19-12-14-20(15-13-19)23(26)27-22-18-21-16-17-25(22,4)24(21,2)3/h12-15,21-22H,5-9,16-18H2,1-4H3/t21?,22-,25-/m1/s1. The van der Waals surface area contributed by atoms with Crippen molar-refractivity contribution in [2.75, 3.05) is 0 Å². The number of unbranched alkanes of at least 4 members (excludes halogenated alkanes) is 4. The molecule has 0 radical (unpaired) electrons. The Morgan fingerprint density at radius 2 is 1.89 bits per heavy atom. The Morgan fingerprint density at radius 3 is 2.48 bits per heavy atom. The Bertz CT molecular complexity index is 719. The maximum atomic E-state index is 12.6. The van der Waals surface area contributed by atoms with Crippen LogP contribution < -0.4 is 0 Å². The van der Waals surface area contributed by atoms with Crippen LogP contribution in [0.2, 0.25) is 0 Å². The zero-order valence-electron chi connectivity index (χ0n) is 17.4. The summed E-state index contributed by atoms with van der Waals surface area (Å²) in [6.45, 7) is 9.20. The predicted octanol–water partition coefficient (Wildman–Crippen LogP) is 6.38. The number of hydrogen-bond donors (Lipinski definition) is 0. The Balaban J connectivity index is 1.55. The highest BCUT2D eigenvalue weighted by molar-refractivity contribution is 5.89. The fourth-order valence-electron chi connectivity index (χ4n) is 5.00. The molecule has 2 aliphatic carbocycles. The van der Waals surface area contributed by atoms with Gasteiger partial charge in [-0.25, -0.2) is 4.79 Å². The number of esters is 1. The lowest BCUT2D eigenvalue weighted by molar-refractivity contribution is -0.0242. The first kappa shape index (κ1) is 20.0. The summed E-state index contributed by atoms with van der Waals surface area (Å²) in [7, 11) is 0. The molecule has 0 heterocycles. The number of carbonyl (C=O) groups excluding carboxylic acids is 1. The first-order valence-electron chi connectivity index (χ1n) is 10.7. The highest BCUT2D eigenvalue weighted by Crippen LogP contribution is 2.66. The van der Waals surface area contributed by atoms with Crippen LogP contribution in [0.5, 0.6) is 0 Å². The van der Waals surface area contributed by atoms with E-state index in [0.29, 0.717) is 11.5 Å². The van der Waals surface area contributed by atoms with E-state index >= 15 is 0 Å². The van der Waals surface area contributed by atoms with Gasteiger partial charge in [-0.1, -0.05) is 58.8 Å². The molecule has 2 saturated carbocycles. The number of carbonyl (C=O) groups is 1. The van der Waals surface area contributed by atoms with E-state index in [1.807, 2.05) is 24.3 Å². The van der Waals surface area contributed by atoms with E-state index in [-0.39, 0.29) is 22.9 Å². The molecule has 0 amide bonds. The lowest BCUT2D eigenvalue weighted by Crippen LogP contribution is -2.38. The van der Waals surface area contributed by atoms with Crippen molar-refractivity contribution in [2.45, 2.75) is 85.2 Å². The summed E-state index contributed by atoms with van der Waals surface area (Å²) in [6.07, 6.45) is 9.40. The summed E-state index contributed by atoms with van der Waals surface area (Å²) in [5.41, 5.74) is 1.97. The number of benzene rings is 1.